The molecule has 0 bridgehead atoms. The Morgan fingerprint density at radius 1 is 1.39 bits per heavy atom. The van der Waals surface area contributed by atoms with Crippen molar-refractivity contribution < 1.29 is 9.47 Å². The van der Waals surface area contributed by atoms with Crippen LogP contribution in [0.25, 0.3) is 0 Å². The largest absolute Gasteiger partial charge is 0.381 e. The summed E-state index contributed by atoms with van der Waals surface area (Å²) in [6.45, 7) is 1.06. The minimum atomic E-state index is 0.300. The zero-order chi connectivity index (χ0) is 12.8. The Morgan fingerprint density at radius 3 is 3.00 bits per heavy atom. The average Bonchev–Trinajstić information content (AvgIpc) is 2.45. The smallest absolute Gasteiger partial charge is 0.0738 e. The van der Waals surface area contributed by atoms with E-state index in [1.54, 1.807) is 13.3 Å². The molecule has 0 amide bonds. The van der Waals surface area contributed by atoms with Crippen molar-refractivity contribution >= 4 is 0 Å². The van der Waals surface area contributed by atoms with Gasteiger partial charge < -0.3 is 15.2 Å². The Morgan fingerprint density at radius 2 is 2.22 bits per heavy atom. The van der Waals surface area contributed by atoms with Gasteiger partial charge in [-0.25, -0.2) is 0 Å². The minimum absolute atomic E-state index is 0.300. The van der Waals surface area contributed by atoms with E-state index in [4.69, 9.17) is 15.2 Å². The molecule has 2 rings (SSSR count). The fraction of sp³-hybridized carbons (Fsp3) is 0.643. The number of pyridine rings is 1. The zero-order valence-corrected chi connectivity index (χ0v) is 11.0. The molecule has 1 aromatic rings. The minimum Gasteiger partial charge on any atom is -0.381 e. The van der Waals surface area contributed by atoms with Crippen LogP contribution >= 0.6 is 0 Å². The summed E-state index contributed by atoms with van der Waals surface area (Å²) in [5.74, 6) is 0. The summed E-state index contributed by atoms with van der Waals surface area (Å²) in [5.41, 5.74) is 7.69. The third-order valence-electron chi connectivity index (χ3n) is 3.56. The Labute approximate surface area is 108 Å². The highest BCUT2D eigenvalue weighted by molar-refractivity contribution is 5.18. The van der Waals surface area contributed by atoms with E-state index >= 15 is 0 Å². The van der Waals surface area contributed by atoms with Crippen LogP contribution in [0.2, 0.25) is 0 Å². The third-order valence-corrected chi connectivity index (χ3v) is 3.56. The monoisotopic (exact) mass is 250 g/mol. The van der Waals surface area contributed by atoms with Crippen molar-refractivity contribution in [3.05, 3.63) is 29.6 Å². The molecule has 1 saturated carbocycles. The van der Waals surface area contributed by atoms with Crippen LogP contribution in [0.1, 0.15) is 36.9 Å². The number of methoxy groups -OCH3 is 1. The highest BCUT2D eigenvalue weighted by atomic mass is 16.5. The first-order chi connectivity index (χ1) is 8.83. The lowest BCUT2D eigenvalue weighted by Gasteiger charge is -2.28. The van der Waals surface area contributed by atoms with Gasteiger partial charge in [0.1, 0.15) is 0 Å². The van der Waals surface area contributed by atoms with Crippen molar-refractivity contribution in [2.75, 3.05) is 7.11 Å². The molecule has 1 fully saturated rings. The lowest BCUT2D eigenvalue weighted by Crippen LogP contribution is -2.27. The first kappa shape index (κ1) is 13.5. The van der Waals surface area contributed by atoms with E-state index in [1.807, 2.05) is 12.1 Å². The highest BCUT2D eigenvalue weighted by Crippen LogP contribution is 2.24. The highest BCUT2D eigenvalue weighted by Gasteiger charge is 2.22. The molecule has 1 heterocycles. The number of aromatic nitrogens is 1. The van der Waals surface area contributed by atoms with Crippen LogP contribution in [0.4, 0.5) is 0 Å². The van der Waals surface area contributed by atoms with Gasteiger partial charge in [-0.1, -0.05) is 6.07 Å². The SMILES string of the molecule is COC1CCCC(OCc2cccnc2CN)C1. The summed E-state index contributed by atoms with van der Waals surface area (Å²) in [6, 6.07) is 3.96. The summed E-state index contributed by atoms with van der Waals surface area (Å²) in [5, 5.41) is 0. The van der Waals surface area contributed by atoms with Gasteiger partial charge in [0.2, 0.25) is 0 Å². The zero-order valence-electron chi connectivity index (χ0n) is 11.0. The van der Waals surface area contributed by atoms with Crippen LogP contribution in [0.3, 0.4) is 0 Å². The second-order valence-electron chi connectivity index (χ2n) is 4.77. The number of nitrogens with two attached hydrogens (primary N) is 1. The molecule has 0 aromatic carbocycles. The molecule has 2 atom stereocenters. The molecule has 100 valence electrons. The number of ether oxygens (including phenoxy) is 2. The van der Waals surface area contributed by atoms with Crippen molar-refractivity contribution in [1.82, 2.24) is 4.98 Å². The van der Waals surface area contributed by atoms with Crippen LogP contribution < -0.4 is 5.73 Å². The molecular formula is C14H22N2O2. The number of rotatable bonds is 5. The van der Waals surface area contributed by atoms with Gasteiger partial charge in [-0.3, -0.25) is 4.98 Å². The quantitative estimate of drug-likeness (QED) is 0.868. The first-order valence-corrected chi connectivity index (χ1v) is 6.60. The molecule has 0 spiro atoms. The fourth-order valence-electron chi connectivity index (χ4n) is 2.46. The second-order valence-corrected chi connectivity index (χ2v) is 4.77. The summed E-state index contributed by atoms with van der Waals surface area (Å²) in [4.78, 5) is 4.26. The van der Waals surface area contributed by atoms with E-state index in [9.17, 15) is 0 Å². The molecular weight excluding hydrogens is 228 g/mol. The Kier molecular flexibility index (Phi) is 5.11. The molecule has 1 aliphatic rings. The van der Waals surface area contributed by atoms with Gasteiger partial charge in [0, 0.05) is 25.4 Å². The Balaban J connectivity index is 1.87. The van der Waals surface area contributed by atoms with Crippen molar-refractivity contribution in [2.24, 2.45) is 5.73 Å². The molecule has 18 heavy (non-hydrogen) atoms. The molecule has 1 aliphatic carbocycles. The van der Waals surface area contributed by atoms with Gasteiger partial charge in [0.15, 0.2) is 0 Å². The Bertz CT molecular complexity index is 371. The molecule has 4 heteroatoms. The fourth-order valence-corrected chi connectivity index (χ4v) is 2.46. The third kappa shape index (κ3) is 3.51. The maximum atomic E-state index is 5.97. The van der Waals surface area contributed by atoms with Crippen molar-refractivity contribution in [1.29, 1.82) is 0 Å². The van der Waals surface area contributed by atoms with Gasteiger partial charge >= 0.3 is 0 Å². The van der Waals surface area contributed by atoms with Crippen LogP contribution in [0.5, 0.6) is 0 Å². The number of nitrogens with zero attached hydrogens (tertiary/aromatic N) is 1. The predicted molar refractivity (Wildman–Crippen MR) is 70.0 cm³/mol. The van der Waals surface area contributed by atoms with E-state index in [2.05, 4.69) is 4.98 Å². The van der Waals surface area contributed by atoms with Crippen molar-refractivity contribution in [2.45, 2.75) is 51.0 Å². The van der Waals surface area contributed by atoms with Gasteiger partial charge in [-0.15, -0.1) is 0 Å². The topological polar surface area (TPSA) is 57.4 Å². The van der Waals surface area contributed by atoms with Crippen molar-refractivity contribution in [3.8, 4) is 0 Å². The maximum Gasteiger partial charge on any atom is 0.0738 e. The number of hydrogen-bond donors (Lipinski definition) is 1. The predicted octanol–water partition coefficient (Wildman–Crippen LogP) is 2.01. The van der Waals surface area contributed by atoms with Crippen LogP contribution in [-0.4, -0.2) is 24.3 Å². The van der Waals surface area contributed by atoms with E-state index in [-0.39, 0.29) is 0 Å². The van der Waals surface area contributed by atoms with E-state index in [0.717, 1.165) is 30.5 Å². The summed E-state index contributed by atoms with van der Waals surface area (Å²) < 4.78 is 11.4. The van der Waals surface area contributed by atoms with E-state index in [0.29, 0.717) is 25.4 Å². The van der Waals surface area contributed by atoms with Crippen LogP contribution in [-0.2, 0) is 22.6 Å². The summed E-state index contributed by atoms with van der Waals surface area (Å²) in [7, 11) is 1.78. The molecule has 0 saturated heterocycles. The average molecular weight is 250 g/mol. The van der Waals surface area contributed by atoms with Crippen molar-refractivity contribution in [3.63, 3.8) is 0 Å². The summed E-state index contributed by atoms with van der Waals surface area (Å²) in [6.07, 6.45) is 6.87. The first-order valence-electron chi connectivity index (χ1n) is 6.60. The molecule has 2 N–H and O–H groups in total. The van der Waals surface area contributed by atoms with Gasteiger partial charge in [-0.2, -0.15) is 0 Å². The normalized spacial score (nSPS) is 24.1. The standard InChI is InChI=1S/C14H22N2O2/c1-17-12-5-2-6-13(8-12)18-10-11-4-3-7-16-14(11)9-15/h3-4,7,12-13H,2,5-6,8-10,15H2,1H3. The molecule has 0 aliphatic heterocycles. The second kappa shape index (κ2) is 6.83. The summed E-state index contributed by atoms with van der Waals surface area (Å²) >= 11 is 0. The van der Waals surface area contributed by atoms with Crippen LogP contribution in [0.15, 0.2) is 18.3 Å². The molecule has 2 unspecified atom stereocenters. The maximum absolute atomic E-state index is 5.97. The lowest BCUT2D eigenvalue weighted by molar-refractivity contribution is -0.0365. The van der Waals surface area contributed by atoms with Gasteiger partial charge in [0.25, 0.3) is 0 Å². The molecule has 0 radical (unpaired) electrons. The molecule has 1 aromatic heterocycles. The van der Waals surface area contributed by atoms with Gasteiger partial charge in [-0.05, 0) is 31.7 Å². The van der Waals surface area contributed by atoms with Gasteiger partial charge in [0.05, 0.1) is 24.5 Å². The molecule has 4 nitrogen and oxygen atoms in total. The van der Waals surface area contributed by atoms with Crippen LogP contribution in [0, 0.1) is 0 Å². The van der Waals surface area contributed by atoms with E-state index in [1.165, 1.54) is 6.42 Å². The number of hydrogen-bond acceptors (Lipinski definition) is 4. The van der Waals surface area contributed by atoms with E-state index < -0.39 is 0 Å². The lowest BCUT2D eigenvalue weighted by atomic mass is 9.95. The Hall–Kier alpha value is -0.970.